The number of rotatable bonds is 4. The lowest BCUT2D eigenvalue weighted by atomic mass is 10.2. The first-order valence-corrected chi connectivity index (χ1v) is 7.91. The van der Waals surface area contributed by atoms with Gasteiger partial charge < -0.3 is 14.2 Å². The number of nitrogens with zero attached hydrogens (tertiary/aromatic N) is 1. The monoisotopic (exact) mass is 455 g/mol. The number of methoxy groups -OCH3 is 3. The molecule has 102 valence electrons. The van der Waals surface area contributed by atoms with Gasteiger partial charge in [0.1, 0.15) is 12.5 Å². The maximum atomic E-state index is 5.34. The molecule has 0 bridgehead atoms. The van der Waals surface area contributed by atoms with Crippen LogP contribution in [0.15, 0.2) is 16.7 Å². The molecule has 0 saturated heterocycles. The Kier molecular flexibility index (Phi) is 4.91. The quantitative estimate of drug-likeness (QED) is 0.647. The van der Waals surface area contributed by atoms with E-state index in [0.29, 0.717) is 17.2 Å². The minimum absolute atomic E-state index is 0.582. The van der Waals surface area contributed by atoms with Crippen LogP contribution in [0.2, 0.25) is 0 Å². The van der Waals surface area contributed by atoms with Gasteiger partial charge in [0.25, 0.3) is 0 Å². The van der Waals surface area contributed by atoms with Crippen molar-refractivity contribution >= 4 is 49.9 Å². The minimum Gasteiger partial charge on any atom is -0.493 e. The van der Waals surface area contributed by atoms with Gasteiger partial charge in [-0.1, -0.05) is 0 Å². The van der Waals surface area contributed by atoms with Crippen LogP contribution in [0.4, 0.5) is 0 Å². The van der Waals surface area contributed by atoms with Crippen molar-refractivity contribution in [1.82, 2.24) is 4.98 Å². The molecule has 0 aliphatic carbocycles. The van der Waals surface area contributed by atoms with E-state index in [9.17, 15) is 0 Å². The predicted octanol–water partition coefficient (Wildman–Crippen LogP) is 4.20. The fourth-order valence-electron chi connectivity index (χ4n) is 1.61. The molecule has 0 N–H and O–H groups in total. The number of halogens is 2. The number of aromatic nitrogens is 1. The maximum Gasteiger partial charge on any atom is 0.203 e. The Labute approximate surface area is 137 Å². The molecular weight excluding hydrogens is 445 g/mol. The lowest BCUT2D eigenvalue weighted by Crippen LogP contribution is -1.95. The third kappa shape index (κ3) is 2.97. The van der Waals surface area contributed by atoms with E-state index in [1.165, 1.54) is 0 Å². The molecule has 2 aromatic rings. The highest BCUT2D eigenvalue weighted by Gasteiger charge is 2.16. The van der Waals surface area contributed by atoms with Gasteiger partial charge in [0, 0.05) is 5.56 Å². The zero-order valence-corrected chi connectivity index (χ0v) is 15.1. The molecule has 0 fully saturated rings. The van der Waals surface area contributed by atoms with Crippen LogP contribution in [0.25, 0.3) is 10.6 Å². The van der Waals surface area contributed by atoms with Gasteiger partial charge in [0.2, 0.25) is 5.75 Å². The molecule has 4 nitrogen and oxygen atoms in total. The van der Waals surface area contributed by atoms with Crippen LogP contribution >= 0.6 is 49.9 Å². The van der Waals surface area contributed by atoms with Crippen LogP contribution < -0.4 is 14.2 Å². The fraction of sp³-hybridized carbons (Fsp3) is 0.250. The number of thiazole rings is 1. The van der Waals surface area contributed by atoms with E-state index in [-0.39, 0.29) is 0 Å². The van der Waals surface area contributed by atoms with Crippen molar-refractivity contribution in [2.75, 3.05) is 21.3 Å². The number of benzene rings is 1. The lowest BCUT2D eigenvalue weighted by molar-refractivity contribution is 0.324. The Hall–Kier alpha value is -0.540. The van der Waals surface area contributed by atoms with E-state index in [1.807, 2.05) is 12.1 Å². The van der Waals surface area contributed by atoms with Crippen molar-refractivity contribution in [3.63, 3.8) is 0 Å². The second kappa shape index (κ2) is 6.27. The van der Waals surface area contributed by atoms with Crippen LogP contribution in [-0.4, -0.2) is 26.3 Å². The Morgan fingerprint density at radius 1 is 1.11 bits per heavy atom. The lowest BCUT2D eigenvalue weighted by Gasteiger charge is -2.13. The second-order valence-corrected chi connectivity index (χ2v) is 7.06. The smallest absolute Gasteiger partial charge is 0.203 e. The normalized spacial score (nSPS) is 10.4. The summed E-state index contributed by atoms with van der Waals surface area (Å²) in [5.74, 6) is 1.83. The molecule has 0 unspecified atom stereocenters. The number of hydrogen-bond donors (Lipinski definition) is 0. The molecule has 0 aliphatic heterocycles. The molecular formula is C12H11BrINO3S. The first-order chi connectivity index (χ1) is 9.10. The maximum absolute atomic E-state index is 5.34. The average Bonchev–Trinajstić information content (AvgIpc) is 2.76. The van der Waals surface area contributed by atoms with Crippen LogP contribution in [0.1, 0.15) is 0 Å². The number of hydrogen-bond acceptors (Lipinski definition) is 5. The summed E-state index contributed by atoms with van der Waals surface area (Å²) in [5, 5.41) is 0.899. The summed E-state index contributed by atoms with van der Waals surface area (Å²) in [4.78, 5) is 4.46. The van der Waals surface area contributed by atoms with Gasteiger partial charge in [-0.05, 0) is 50.7 Å². The molecule has 2 rings (SSSR count). The highest BCUT2D eigenvalue weighted by Crippen LogP contribution is 2.42. The van der Waals surface area contributed by atoms with Crippen molar-refractivity contribution in [3.05, 3.63) is 19.6 Å². The van der Waals surface area contributed by atoms with Crippen LogP contribution in [0.3, 0.4) is 0 Å². The third-order valence-electron chi connectivity index (χ3n) is 2.46. The average molecular weight is 456 g/mol. The molecule has 1 aromatic heterocycles. The molecule has 0 amide bonds. The van der Waals surface area contributed by atoms with Crippen molar-refractivity contribution < 1.29 is 14.2 Å². The molecule has 0 spiro atoms. The molecule has 1 heterocycles. The summed E-state index contributed by atoms with van der Waals surface area (Å²) >= 11 is 7.26. The van der Waals surface area contributed by atoms with Gasteiger partial charge >= 0.3 is 0 Å². The summed E-state index contributed by atoms with van der Waals surface area (Å²) in [6.07, 6.45) is 0. The second-order valence-electron chi connectivity index (χ2n) is 3.50. The summed E-state index contributed by atoms with van der Waals surface area (Å²) in [5.41, 5.74) is 0.933. The fourth-order valence-corrected chi connectivity index (χ4v) is 3.57. The van der Waals surface area contributed by atoms with Gasteiger partial charge in [-0.15, -0.1) is 11.3 Å². The summed E-state index contributed by atoms with van der Waals surface area (Å²) in [6.45, 7) is 0. The van der Waals surface area contributed by atoms with Crippen LogP contribution in [0.5, 0.6) is 17.2 Å². The van der Waals surface area contributed by atoms with E-state index in [1.54, 1.807) is 32.7 Å². The molecule has 1 aromatic carbocycles. The van der Waals surface area contributed by atoms with Crippen molar-refractivity contribution in [2.45, 2.75) is 0 Å². The zero-order chi connectivity index (χ0) is 14.0. The first kappa shape index (κ1) is 14.9. The van der Waals surface area contributed by atoms with Crippen molar-refractivity contribution in [3.8, 4) is 27.8 Å². The van der Waals surface area contributed by atoms with E-state index < -0.39 is 0 Å². The molecule has 0 atom stereocenters. The molecule has 0 aliphatic rings. The SMILES string of the molecule is COc1cc(-c2nc(Br)c(I)s2)cc(OC)c1OC. The van der Waals surface area contributed by atoms with Gasteiger partial charge in [0.15, 0.2) is 11.5 Å². The summed E-state index contributed by atoms with van der Waals surface area (Å²) in [6, 6.07) is 3.78. The van der Waals surface area contributed by atoms with E-state index in [0.717, 1.165) is 18.1 Å². The Morgan fingerprint density at radius 2 is 1.68 bits per heavy atom. The standard InChI is InChI=1S/C12H11BrINO3S/c1-16-7-4-6(5-8(17-2)9(7)18-3)12-15-10(13)11(14)19-12/h4-5H,1-3H3. The highest BCUT2D eigenvalue weighted by molar-refractivity contribution is 14.1. The van der Waals surface area contributed by atoms with Crippen LogP contribution in [0, 0.1) is 2.88 Å². The highest BCUT2D eigenvalue weighted by atomic mass is 127. The van der Waals surface area contributed by atoms with Gasteiger partial charge in [0.05, 0.1) is 21.3 Å². The van der Waals surface area contributed by atoms with E-state index in [2.05, 4.69) is 43.5 Å². The van der Waals surface area contributed by atoms with Gasteiger partial charge in [-0.25, -0.2) is 4.98 Å². The van der Waals surface area contributed by atoms with Crippen molar-refractivity contribution in [1.29, 1.82) is 0 Å². The van der Waals surface area contributed by atoms with Crippen LogP contribution in [-0.2, 0) is 0 Å². The Bertz CT molecular complexity index is 558. The first-order valence-electron chi connectivity index (χ1n) is 5.23. The Morgan fingerprint density at radius 3 is 2.05 bits per heavy atom. The zero-order valence-electron chi connectivity index (χ0n) is 10.5. The van der Waals surface area contributed by atoms with Gasteiger partial charge in [-0.2, -0.15) is 0 Å². The minimum atomic E-state index is 0.582. The van der Waals surface area contributed by atoms with E-state index >= 15 is 0 Å². The topological polar surface area (TPSA) is 40.6 Å². The predicted molar refractivity (Wildman–Crippen MR) is 87.6 cm³/mol. The third-order valence-corrected chi connectivity index (χ3v) is 6.10. The molecule has 7 heteroatoms. The van der Waals surface area contributed by atoms with Gasteiger partial charge in [-0.3, -0.25) is 0 Å². The molecule has 0 saturated carbocycles. The summed E-state index contributed by atoms with van der Waals surface area (Å²) < 4.78 is 17.9. The molecule has 0 radical (unpaired) electrons. The summed E-state index contributed by atoms with van der Waals surface area (Å²) in [7, 11) is 4.79. The van der Waals surface area contributed by atoms with E-state index in [4.69, 9.17) is 14.2 Å². The Balaban J connectivity index is 2.58. The molecule has 19 heavy (non-hydrogen) atoms. The largest absolute Gasteiger partial charge is 0.493 e. The number of ether oxygens (including phenoxy) is 3. The van der Waals surface area contributed by atoms with Crippen molar-refractivity contribution in [2.24, 2.45) is 0 Å².